The number of anilines is 1. The third-order valence-electron chi connectivity index (χ3n) is 5.14. The lowest BCUT2D eigenvalue weighted by atomic mass is 9.92. The second kappa shape index (κ2) is 9.40. The maximum atomic E-state index is 13.3. The summed E-state index contributed by atoms with van der Waals surface area (Å²) in [6.45, 7) is 5.98. The maximum absolute atomic E-state index is 13.3. The summed E-state index contributed by atoms with van der Waals surface area (Å²) in [5.74, 6) is 0.0589. The van der Waals surface area contributed by atoms with Crippen molar-refractivity contribution >= 4 is 32.5 Å². The molecule has 0 spiro atoms. The molecule has 32 heavy (non-hydrogen) atoms. The van der Waals surface area contributed by atoms with Gasteiger partial charge >= 0.3 is 0 Å². The van der Waals surface area contributed by atoms with Crippen molar-refractivity contribution in [2.45, 2.75) is 31.1 Å². The van der Waals surface area contributed by atoms with E-state index in [-0.39, 0.29) is 30.0 Å². The van der Waals surface area contributed by atoms with Gasteiger partial charge in [-0.25, -0.2) is 8.42 Å². The Hall–Kier alpha value is -2.75. The van der Waals surface area contributed by atoms with Gasteiger partial charge < -0.3 is 10.1 Å². The van der Waals surface area contributed by atoms with Crippen molar-refractivity contribution in [3.05, 3.63) is 54.2 Å². The van der Waals surface area contributed by atoms with Gasteiger partial charge in [-0.15, -0.1) is 0 Å². The highest BCUT2D eigenvalue weighted by Crippen LogP contribution is 2.24. The van der Waals surface area contributed by atoms with Gasteiger partial charge in [0.2, 0.25) is 15.9 Å². The minimum Gasteiger partial charge on any atom is -0.383 e. The molecule has 0 fully saturated rings. The molecule has 8 nitrogen and oxygen atoms in total. The monoisotopic (exact) mass is 458 g/mol. The zero-order valence-corrected chi connectivity index (χ0v) is 19.9. The molecule has 1 aromatic heterocycles. The maximum Gasteiger partial charge on any atom is 0.243 e. The average Bonchev–Trinajstić information content (AvgIpc) is 3.11. The van der Waals surface area contributed by atoms with E-state index in [1.165, 1.54) is 7.11 Å². The van der Waals surface area contributed by atoms with Crippen LogP contribution in [0, 0.1) is 0 Å². The molecule has 2 aromatic carbocycles. The quantitative estimate of drug-likeness (QED) is 0.560. The van der Waals surface area contributed by atoms with Gasteiger partial charge in [-0.05, 0) is 22.9 Å². The summed E-state index contributed by atoms with van der Waals surface area (Å²) in [4.78, 5) is 12.9. The van der Waals surface area contributed by atoms with E-state index in [0.717, 1.165) is 20.8 Å². The molecule has 3 aromatic rings. The fourth-order valence-electron chi connectivity index (χ4n) is 3.25. The number of benzene rings is 2. The second-order valence-corrected chi connectivity index (χ2v) is 10.6. The number of ether oxygens (including phenoxy) is 1. The first-order valence-electron chi connectivity index (χ1n) is 10.3. The van der Waals surface area contributed by atoms with Gasteiger partial charge in [-0.1, -0.05) is 51.1 Å². The minimum absolute atomic E-state index is 0.0533. The first-order valence-corrected chi connectivity index (χ1v) is 11.8. The molecular weight excluding hydrogens is 428 g/mol. The molecule has 0 aliphatic carbocycles. The lowest BCUT2D eigenvalue weighted by Gasteiger charge is -2.21. The number of fused-ring (bicyclic) bond motifs is 1. The van der Waals surface area contributed by atoms with E-state index in [0.29, 0.717) is 5.82 Å². The van der Waals surface area contributed by atoms with Crippen LogP contribution in [0.4, 0.5) is 5.82 Å². The number of methoxy groups -OCH3 is 1. The van der Waals surface area contributed by atoms with E-state index >= 15 is 0 Å². The van der Waals surface area contributed by atoms with Crippen molar-refractivity contribution in [2.75, 3.05) is 32.1 Å². The van der Waals surface area contributed by atoms with Crippen LogP contribution in [-0.4, -0.2) is 55.2 Å². The van der Waals surface area contributed by atoms with E-state index in [4.69, 9.17) is 4.74 Å². The van der Waals surface area contributed by atoms with Crippen LogP contribution in [0.3, 0.4) is 0 Å². The van der Waals surface area contributed by atoms with Gasteiger partial charge in [0.25, 0.3) is 0 Å². The van der Waals surface area contributed by atoms with Crippen molar-refractivity contribution in [1.29, 1.82) is 0 Å². The third kappa shape index (κ3) is 5.35. The van der Waals surface area contributed by atoms with Crippen LogP contribution in [0.2, 0.25) is 0 Å². The van der Waals surface area contributed by atoms with Gasteiger partial charge in [0.15, 0.2) is 0 Å². The van der Waals surface area contributed by atoms with Gasteiger partial charge in [0.1, 0.15) is 5.82 Å². The number of nitrogens with zero attached hydrogens (tertiary/aromatic N) is 3. The summed E-state index contributed by atoms with van der Waals surface area (Å²) in [5.41, 5.74) is 0.653. The number of aryl methyl sites for hydroxylation is 1. The highest BCUT2D eigenvalue weighted by atomic mass is 32.2. The Balaban J connectivity index is 1.84. The molecule has 172 valence electrons. The Morgan fingerprint density at radius 2 is 1.81 bits per heavy atom. The van der Waals surface area contributed by atoms with Crippen molar-refractivity contribution < 1.29 is 17.9 Å². The Kier molecular flexibility index (Phi) is 7.02. The number of nitrogens with one attached hydrogen (secondary N) is 1. The van der Waals surface area contributed by atoms with Crippen LogP contribution in [0.15, 0.2) is 53.4 Å². The standard InChI is InChI=1S/C23H30N4O4S/c1-23(2,3)20-15-21(26(4)25-20)24-22(28)16-27(12-13-31-5)32(29,30)19-11-10-17-8-6-7-9-18(17)14-19/h6-11,14-15H,12-13,16H2,1-5H3,(H,24,28). The Morgan fingerprint density at radius 1 is 1.12 bits per heavy atom. The van der Waals surface area contributed by atoms with Crippen LogP contribution in [-0.2, 0) is 32.0 Å². The number of hydrogen-bond acceptors (Lipinski definition) is 5. The number of hydrogen-bond donors (Lipinski definition) is 1. The lowest BCUT2D eigenvalue weighted by Crippen LogP contribution is -2.40. The molecule has 0 atom stereocenters. The number of rotatable bonds is 8. The number of amides is 1. The van der Waals surface area contributed by atoms with Crippen molar-refractivity contribution in [3.8, 4) is 0 Å². The summed E-state index contributed by atoms with van der Waals surface area (Å²) in [7, 11) is -0.684. The van der Waals surface area contributed by atoms with E-state index in [9.17, 15) is 13.2 Å². The zero-order valence-electron chi connectivity index (χ0n) is 19.1. The molecule has 0 aliphatic rings. The predicted octanol–water partition coefficient (Wildman–Crippen LogP) is 3.15. The summed E-state index contributed by atoms with van der Waals surface area (Å²) in [6.07, 6.45) is 0. The smallest absolute Gasteiger partial charge is 0.243 e. The fourth-order valence-corrected chi connectivity index (χ4v) is 4.66. The number of sulfonamides is 1. The minimum atomic E-state index is -3.91. The van der Waals surface area contributed by atoms with Crippen LogP contribution in [0.5, 0.6) is 0 Å². The van der Waals surface area contributed by atoms with Crippen molar-refractivity contribution in [3.63, 3.8) is 0 Å². The highest BCUT2D eigenvalue weighted by Gasteiger charge is 2.27. The normalized spacial score (nSPS) is 12.4. The predicted molar refractivity (Wildman–Crippen MR) is 125 cm³/mol. The number of carbonyl (C=O) groups is 1. The molecule has 1 amide bonds. The van der Waals surface area contributed by atoms with Gasteiger partial charge in [-0.3, -0.25) is 9.48 Å². The molecule has 0 radical (unpaired) electrons. The SMILES string of the molecule is COCCN(CC(=O)Nc1cc(C(C)(C)C)nn1C)S(=O)(=O)c1ccc2ccccc2c1. The van der Waals surface area contributed by atoms with Gasteiger partial charge in [0.05, 0.1) is 23.7 Å². The Labute approximate surface area is 189 Å². The summed E-state index contributed by atoms with van der Waals surface area (Å²) >= 11 is 0. The Morgan fingerprint density at radius 3 is 2.44 bits per heavy atom. The average molecular weight is 459 g/mol. The molecule has 1 N–H and O–H groups in total. The first kappa shape index (κ1) is 23.9. The Bertz CT molecular complexity index is 1210. The summed E-state index contributed by atoms with van der Waals surface area (Å²) in [6, 6.07) is 14.3. The molecular formula is C23H30N4O4S. The number of aromatic nitrogens is 2. The molecule has 3 rings (SSSR count). The molecule has 0 saturated carbocycles. The third-order valence-corrected chi connectivity index (χ3v) is 6.98. The zero-order chi connectivity index (χ0) is 23.5. The lowest BCUT2D eigenvalue weighted by molar-refractivity contribution is -0.116. The molecule has 0 bridgehead atoms. The second-order valence-electron chi connectivity index (χ2n) is 8.68. The van der Waals surface area contributed by atoms with Crippen LogP contribution in [0.25, 0.3) is 10.8 Å². The molecule has 0 aliphatic heterocycles. The topological polar surface area (TPSA) is 93.5 Å². The summed E-state index contributed by atoms with van der Waals surface area (Å²) in [5, 5.41) is 8.97. The first-order chi connectivity index (χ1) is 15.0. The van der Waals surface area contributed by atoms with Crippen molar-refractivity contribution in [2.24, 2.45) is 7.05 Å². The van der Waals surface area contributed by atoms with E-state index in [2.05, 4.69) is 10.4 Å². The summed E-state index contributed by atoms with van der Waals surface area (Å²) < 4.78 is 34.5. The van der Waals surface area contributed by atoms with Gasteiger partial charge in [0, 0.05) is 32.2 Å². The fraction of sp³-hybridized carbons (Fsp3) is 0.391. The van der Waals surface area contributed by atoms with Gasteiger partial charge in [-0.2, -0.15) is 9.40 Å². The largest absolute Gasteiger partial charge is 0.383 e. The molecule has 0 saturated heterocycles. The van der Waals surface area contributed by atoms with Crippen LogP contribution < -0.4 is 5.32 Å². The van der Waals surface area contributed by atoms with E-state index in [1.54, 1.807) is 36.0 Å². The van der Waals surface area contributed by atoms with E-state index < -0.39 is 15.9 Å². The molecule has 0 unspecified atom stereocenters. The van der Waals surface area contributed by atoms with E-state index in [1.807, 2.05) is 45.0 Å². The number of carbonyl (C=O) groups excluding carboxylic acids is 1. The molecule has 9 heteroatoms. The highest BCUT2D eigenvalue weighted by molar-refractivity contribution is 7.89. The van der Waals surface area contributed by atoms with Crippen LogP contribution in [0.1, 0.15) is 26.5 Å². The van der Waals surface area contributed by atoms with Crippen LogP contribution >= 0.6 is 0 Å². The van der Waals surface area contributed by atoms with Crippen molar-refractivity contribution in [1.82, 2.24) is 14.1 Å². The molecule has 1 heterocycles.